The van der Waals surface area contributed by atoms with E-state index in [2.05, 4.69) is 0 Å². The third kappa shape index (κ3) is 1.25. The van der Waals surface area contributed by atoms with Crippen molar-refractivity contribution < 1.29 is 19.8 Å². The van der Waals surface area contributed by atoms with Gasteiger partial charge in [-0.25, -0.2) is 4.79 Å². The van der Waals surface area contributed by atoms with Crippen LogP contribution in [0.15, 0.2) is 0 Å². The van der Waals surface area contributed by atoms with Crippen LogP contribution >= 0.6 is 0 Å². The molecule has 0 spiro atoms. The minimum Gasteiger partial charge on any atom is -0.475 e. The number of carboxylic acid groups (broad SMARTS) is 1. The molecule has 4 fully saturated rings. The fourth-order valence-corrected chi connectivity index (χ4v) is 4.71. The third-order valence-electron chi connectivity index (χ3n) is 4.71. The summed E-state index contributed by atoms with van der Waals surface area (Å²) < 4.78 is 0. The average Bonchev–Trinajstić information content (AvgIpc) is 2.12. The van der Waals surface area contributed by atoms with Crippen molar-refractivity contribution in [3.63, 3.8) is 0 Å². The molecule has 4 aliphatic carbocycles. The van der Waals surface area contributed by atoms with E-state index in [9.17, 15) is 14.7 Å². The van der Waals surface area contributed by atoms with Gasteiger partial charge in [0, 0.05) is 5.41 Å². The fourth-order valence-electron chi connectivity index (χ4n) is 4.71. The molecule has 88 valence electrons. The third-order valence-corrected chi connectivity index (χ3v) is 4.71. The molecule has 4 atom stereocenters. The average molecular weight is 224 g/mol. The van der Waals surface area contributed by atoms with Crippen LogP contribution in [0.2, 0.25) is 0 Å². The molecule has 0 saturated heterocycles. The molecule has 0 aliphatic heterocycles. The summed E-state index contributed by atoms with van der Waals surface area (Å²) in [6.07, 6.45) is 4.32. The number of carbonyl (C=O) groups excluding carboxylic acids is 1. The first-order valence-electron chi connectivity index (χ1n) is 5.93. The molecule has 0 radical (unpaired) electrons. The molecule has 16 heavy (non-hydrogen) atoms. The van der Waals surface area contributed by atoms with E-state index < -0.39 is 22.8 Å². The van der Waals surface area contributed by atoms with Gasteiger partial charge in [0.15, 0.2) is 0 Å². The summed E-state index contributed by atoms with van der Waals surface area (Å²) in [5, 5.41) is 19.2. The smallest absolute Gasteiger partial charge is 0.372 e. The van der Waals surface area contributed by atoms with Crippen LogP contribution in [-0.2, 0) is 9.59 Å². The fraction of sp³-hybridized carbons (Fsp3) is 0.833. The van der Waals surface area contributed by atoms with Crippen LogP contribution in [0.25, 0.3) is 0 Å². The molecule has 0 aromatic heterocycles. The number of carbonyl (C=O) groups is 2. The summed E-state index contributed by atoms with van der Waals surface area (Å²) in [7, 11) is 0. The van der Waals surface area contributed by atoms with E-state index in [0.717, 1.165) is 19.3 Å². The molecule has 0 heterocycles. The molecule has 2 N–H and O–H groups in total. The maximum Gasteiger partial charge on any atom is 0.372 e. The van der Waals surface area contributed by atoms with Crippen molar-refractivity contribution >= 4 is 11.8 Å². The monoisotopic (exact) mass is 224 g/mol. The van der Waals surface area contributed by atoms with E-state index in [0.29, 0.717) is 31.1 Å². The maximum atomic E-state index is 11.8. The van der Waals surface area contributed by atoms with Crippen molar-refractivity contribution in [1.82, 2.24) is 0 Å². The Hall–Kier alpha value is -0.900. The van der Waals surface area contributed by atoms with Gasteiger partial charge in [-0.05, 0) is 50.4 Å². The molecule has 4 heteroatoms. The van der Waals surface area contributed by atoms with Crippen molar-refractivity contribution in [2.24, 2.45) is 17.3 Å². The summed E-state index contributed by atoms with van der Waals surface area (Å²) in [6, 6.07) is 0. The van der Waals surface area contributed by atoms with E-state index in [4.69, 9.17) is 5.11 Å². The molecule has 4 aliphatic rings. The van der Waals surface area contributed by atoms with Gasteiger partial charge in [0.25, 0.3) is 0 Å². The Kier molecular flexibility index (Phi) is 1.83. The molecule has 4 saturated carbocycles. The van der Waals surface area contributed by atoms with Crippen LogP contribution in [0.5, 0.6) is 0 Å². The Morgan fingerprint density at radius 1 is 1.06 bits per heavy atom. The number of aliphatic carboxylic acids is 1. The summed E-state index contributed by atoms with van der Waals surface area (Å²) >= 11 is 0. The van der Waals surface area contributed by atoms with Gasteiger partial charge in [0.2, 0.25) is 5.78 Å². The number of carboxylic acids is 1. The Morgan fingerprint density at radius 3 is 2.06 bits per heavy atom. The SMILES string of the molecule is O=C(O)C(=O)C12C[C@@H]3C[C@@H](CC(O)(C3)C1)C2. The second-order valence-corrected chi connectivity index (χ2v) is 6.10. The minimum atomic E-state index is -1.33. The highest BCUT2D eigenvalue weighted by atomic mass is 16.4. The van der Waals surface area contributed by atoms with Gasteiger partial charge < -0.3 is 10.2 Å². The molecule has 2 unspecified atom stereocenters. The van der Waals surface area contributed by atoms with E-state index in [1.165, 1.54) is 0 Å². The molecular formula is C12H16O4. The van der Waals surface area contributed by atoms with Gasteiger partial charge in [-0.1, -0.05) is 0 Å². The predicted molar refractivity (Wildman–Crippen MR) is 54.7 cm³/mol. The van der Waals surface area contributed by atoms with Gasteiger partial charge in [-0.15, -0.1) is 0 Å². The molecule has 0 aromatic carbocycles. The predicted octanol–water partition coefficient (Wildman–Crippen LogP) is 0.971. The number of rotatable bonds is 2. The highest BCUT2D eigenvalue weighted by Gasteiger charge is 2.61. The largest absolute Gasteiger partial charge is 0.475 e. The highest BCUT2D eigenvalue weighted by molar-refractivity contribution is 6.35. The second kappa shape index (κ2) is 2.86. The van der Waals surface area contributed by atoms with Crippen LogP contribution in [0, 0.1) is 17.3 Å². The number of aliphatic hydroxyl groups is 1. The molecule has 4 rings (SSSR count). The minimum absolute atomic E-state index is 0.356. The van der Waals surface area contributed by atoms with Gasteiger partial charge >= 0.3 is 5.97 Å². The van der Waals surface area contributed by atoms with E-state index >= 15 is 0 Å². The lowest BCUT2D eigenvalue weighted by atomic mass is 9.47. The van der Waals surface area contributed by atoms with E-state index in [-0.39, 0.29) is 0 Å². The normalized spacial score (nSPS) is 49.3. The summed E-state index contributed by atoms with van der Waals surface area (Å²) in [5.41, 5.74) is -1.50. The molecular weight excluding hydrogens is 208 g/mol. The molecule has 0 aromatic rings. The number of ketones is 1. The zero-order valence-corrected chi connectivity index (χ0v) is 9.11. The number of hydrogen-bond acceptors (Lipinski definition) is 3. The van der Waals surface area contributed by atoms with Crippen molar-refractivity contribution in [2.75, 3.05) is 0 Å². The van der Waals surface area contributed by atoms with Crippen molar-refractivity contribution in [3.8, 4) is 0 Å². The highest BCUT2D eigenvalue weighted by Crippen LogP contribution is 2.61. The first-order valence-corrected chi connectivity index (χ1v) is 5.93. The van der Waals surface area contributed by atoms with Crippen molar-refractivity contribution in [2.45, 2.75) is 44.1 Å². The van der Waals surface area contributed by atoms with Gasteiger partial charge in [0.05, 0.1) is 5.60 Å². The number of Topliss-reactive ketones (excluding diaryl/α,β-unsaturated/α-hetero) is 1. The lowest BCUT2D eigenvalue weighted by molar-refractivity contribution is -0.182. The maximum absolute atomic E-state index is 11.8. The summed E-state index contributed by atoms with van der Waals surface area (Å²) in [6.45, 7) is 0. The Bertz CT molecular complexity index is 359. The Balaban J connectivity index is 1.98. The van der Waals surface area contributed by atoms with E-state index in [1.807, 2.05) is 0 Å². The van der Waals surface area contributed by atoms with Crippen LogP contribution in [0.3, 0.4) is 0 Å². The lowest BCUT2D eigenvalue weighted by Gasteiger charge is -2.58. The lowest BCUT2D eigenvalue weighted by Crippen LogP contribution is -2.59. The quantitative estimate of drug-likeness (QED) is 0.685. The van der Waals surface area contributed by atoms with Gasteiger partial charge in [0.1, 0.15) is 0 Å². The standard InChI is InChI=1S/C12H16O4/c13-9(10(14)15)11-2-7-1-8(3-11)5-12(16,4-7)6-11/h7-8,16H,1-6H2,(H,14,15)/t7-,8+,11?,12?. The first kappa shape index (κ1) is 10.3. The molecule has 4 bridgehead atoms. The van der Waals surface area contributed by atoms with Crippen LogP contribution in [-0.4, -0.2) is 27.6 Å². The Labute approximate surface area is 93.6 Å². The van der Waals surface area contributed by atoms with Crippen molar-refractivity contribution in [3.05, 3.63) is 0 Å². The van der Waals surface area contributed by atoms with Gasteiger partial charge in [-0.2, -0.15) is 0 Å². The topological polar surface area (TPSA) is 74.6 Å². The zero-order valence-electron chi connectivity index (χ0n) is 9.11. The van der Waals surface area contributed by atoms with Crippen LogP contribution in [0.1, 0.15) is 38.5 Å². The van der Waals surface area contributed by atoms with E-state index in [1.54, 1.807) is 0 Å². The van der Waals surface area contributed by atoms with Crippen LogP contribution < -0.4 is 0 Å². The second-order valence-electron chi connectivity index (χ2n) is 6.10. The van der Waals surface area contributed by atoms with Gasteiger partial charge in [-0.3, -0.25) is 4.79 Å². The molecule has 4 nitrogen and oxygen atoms in total. The summed E-state index contributed by atoms with van der Waals surface area (Å²) in [4.78, 5) is 22.7. The first-order chi connectivity index (χ1) is 7.42. The number of hydrogen-bond donors (Lipinski definition) is 2. The Morgan fingerprint density at radius 2 is 1.62 bits per heavy atom. The van der Waals surface area contributed by atoms with Crippen LogP contribution in [0.4, 0.5) is 0 Å². The summed E-state index contributed by atoms with van der Waals surface area (Å²) in [5.74, 6) is -1.28. The zero-order chi connectivity index (χ0) is 11.6. The van der Waals surface area contributed by atoms with Crippen molar-refractivity contribution in [1.29, 1.82) is 0 Å². The molecule has 0 amide bonds.